The molecule has 0 saturated heterocycles. The molecule has 0 aliphatic carbocycles. The van der Waals surface area contributed by atoms with E-state index in [1.165, 1.54) is 0 Å². The molecule has 158 valence electrons. The van der Waals surface area contributed by atoms with E-state index >= 15 is 0 Å². The Bertz CT molecular complexity index is 1310. The van der Waals surface area contributed by atoms with Gasteiger partial charge in [0.05, 0.1) is 10.6 Å². The summed E-state index contributed by atoms with van der Waals surface area (Å²) in [5.74, 6) is -0.255. The van der Waals surface area contributed by atoms with Gasteiger partial charge in [-0.25, -0.2) is 8.42 Å². The molecule has 5 nitrogen and oxygen atoms in total. The molecule has 4 rings (SSSR count). The zero-order valence-corrected chi connectivity index (χ0v) is 18.1. The number of aryl methyl sites for hydroxylation is 1. The number of benzene rings is 3. The van der Waals surface area contributed by atoms with Crippen LogP contribution in [0.4, 0.5) is 0 Å². The zero-order valence-electron chi connectivity index (χ0n) is 17.3. The lowest BCUT2D eigenvalue weighted by Gasteiger charge is -2.08. The molecule has 1 heterocycles. The van der Waals surface area contributed by atoms with Crippen LogP contribution in [0.2, 0.25) is 0 Å². The van der Waals surface area contributed by atoms with Crippen molar-refractivity contribution >= 4 is 26.6 Å². The third-order valence-electron chi connectivity index (χ3n) is 5.21. The van der Waals surface area contributed by atoms with Crippen molar-refractivity contribution in [2.24, 2.45) is 0 Å². The van der Waals surface area contributed by atoms with E-state index < -0.39 is 9.84 Å². The van der Waals surface area contributed by atoms with Gasteiger partial charge in [-0.15, -0.1) is 0 Å². The molecule has 0 radical (unpaired) electrons. The number of hydrogen-bond acceptors (Lipinski definition) is 3. The highest BCUT2D eigenvalue weighted by Crippen LogP contribution is 2.28. The van der Waals surface area contributed by atoms with Crippen molar-refractivity contribution in [2.45, 2.75) is 30.7 Å². The number of nitrogens with zero attached hydrogens (tertiary/aromatic N) is 1. The van der Waals surface area contributed by atoms with E-state index in [-0.39, 0.29) is 23.1 Å². The Morgan fingerprint density at radius 1 is 0.871 bits per heavy atom. The lowest BCUT2D eigenvalue weighted by atomic mass is 10.1. The van der Waals surface area contributed by atoms with Crippen molar-refractivity contribution in [3.05, 3.63) is 102 Å². The molecule has 0 fully saturated rings. The van der Waals surface area contributed by atoms with Crippen LogP contribution in [0.3, 0.4) is 0 Å². The molecular weight excluding hydrogens is 408 g/mol. The summed E-state index contributed by atoms with van der Waals surface area (Å²) >= 11 is 0. The molecule has 6 heteroatoms. The highest BCUT2D eigenvalue weighted by molar-refractivity contribution is 7.90. The van der Waals surface area contributed by atoms with E-state index in [1.54, 1.807) is 29.0 Å². The largest absolute Gasteiger partial charge is 0.350 e. The van der Waals surface area contributed by atoms with Crippen LogP contribution in [0, 0.1) is 6.92 Å². The number of rotatable bonds is 7. The molecule has 0 saturated carbocycles. The summed E-state index contributed by atoms with van der Waals surface area (Å²) in [6.07, 6.45) is 1.58. The van der Waals surface area contributed by atoms with Crippen molar-refractivity contribution in [1.82, 2.24) is 9.88 Å². The van der Waals surface area contributed by atoms with E-state index in [1.807, 2.05) is 67.6 Å². The van der Waals surface area contributed by atoms with Gasteiger partial charge in [0.1, 0.15) is 6.54 Å². The van der Waals surface area contributed by atoms with Crippen LogP contribution in [0.5, 0.6) is 0 Å². The molecule has 0 aliphatic heterocycles. The number of fused-ring (bicyclic) bond motifs is 1. The number of nitrogens with one attached hydrogen (secondary N) is 1. The van der Waals surface area contributed by atoms with E-state index in [2.05, 4.69) is 5.32 Å². The molecule has 0 bridgehead atoms. The molecule has 0 atom stereocenters. The first-order valence-corrected chi connectivity index (χ1v) is 11.7. The van der Waals surface area contributed by atoms with Gasteiger partial charge in [0.15, 0.2) is 9.84 Å². The van der Waals surface area contributed by atoms with Gasteiger partial charge in [0.25, 0.3) is 0 Å². The lowest BCUT2D eigenvalue weighted by Crippen LogP contribution is -2.26. The number of carbonyl (C=O) groups excluding carboxylic acids is 1. The molecular formula is C25H24N2O3S. The number of aromatic nitrogens is 1. The van der Waals surface area contributed by atoms with Gasteiger partial charge in [0.2, 0.25) is 5.91 Å². The van der Waals surface area contributed by atoms with Crippen LogP contribution in [0.25, 0.3) is 10.9 Å². The summed E-state index contributed by atoms with van der Waals surface area (Å²) in [5, 5.41) is 3.54. The van der Waals surface area contributed by atoms with Crippen molar-refractivity contribution in [2.75, 3.05) is 0 Å². The number of para-hydroxylation sites is 1. The Balaban J connectivity index is 1.56. The number of carbonyl (C=O) groups is 1. The summed E-state index contributed by atoms with van der Waals surface area (Å²) in [7, 11) is -3.57. The molecule has 0 spiro atoms. The fourth-order valence-electron chi connectivity index (χ4n) is 3.58. The van der Waals surface area contributed by atoms with Gasteiger partial charge in [0, 0.05) is 23.6 Å². The highest BCUT2D eigenvalue weighted by atomic mass is 32.2. The van der Waals surface area contributed by atoms with Crippen LogP contribution >= 0.6 is 0 Å². The van der Waals surface area contributed by atoms with Crippen molar-refractivity contribution < 1.29 is 13.2 Å². The second-order valence-corrected chi connectivity index (χ2v) is 9.60. The van der Waals surface area contributed by atoms with Crippen molar-refractivity contribution in [3.8, 4) is 0 Å². The lowest BCUT2D eigenvalue weighted by molar-refractivity contribution is -0.121. The van der Waals surface area contributed by atoms with Gasteiger partial charge in [-0.3, -0.25) is 4.79 Å². The van der Waals surface area contributed by atoms with Crippen LogP contribution in [-0.4, -0.2) is 18.9 Å². The number of hydrogen-bond donors (Lipinski definition) is 1. The van der Waals surface area contributed by atoms with Crippen LogP contribution < -0.4 is 5.32 Å². The summed E-state index contributed by atoms with van der Waals surface area (Å²) in [5.41, 5.74) is 3.63. The Kier molecular flexibility index (Phi) is 5.91. The van der Waals surface area contributed by atoms with Gasteiger partial charge >= 0.3 is 0 Å². The van der Waals surface area contributed by atoms with Gasteiger partial charge < -0.3 is 9.88 Å². The third-order valence-corrected chi connectivity index (χ3v) is 6.92. The monoisotopic (exact) mass is 432 g/mol. The molecule has 1 aromatic heterocycles. The molecule has 4 aromatic rings. The third kappa shape index (κ3) is 4.86. The van der Waals surface area contributed by atoms with E-state index in [0.29, 0.717) is 11.9 Å². The van der Waals surface area contributed by atoms with Gasteiger partial charge in [-0.1, -0.05) is 78.4 Å². The maximum Gasteiger partial charge on any atom is 0.240 e. The maximum atomic E-state index is 13.1. The van der Waals surface area contributed by atoms with Gasteiger partial charge in [-0.2, -0.15) is 0 Å². The fourth-order valence-corrected chi connectivity index (χ4v) is 5.16. The maximum absolute atomic E-state index is 13.1. The molecule has 31 heavy (non-hydrogen) atoms. The van der Waals surface area contributed by atoms with Crippen LogP contribution in [0.1, 0.15) is 16.7 Å². The SMILES string of the molecule is Cc1ccc(CNC(=O)Cn2cc(S(=O)(=O)Cc3ccccc3)c3ccccc32)cc1. The topological polar surface area (TPSA) is 68.2 Å². The van der Waals surface area contributed by atoms with Crippen molar-refractivity contribution in [3.63, 3.8) is 0 Å². The quantitative estimate of drug-likeness (QED) is 0.475. The fraction of sp³-hybridized carbons (Fsp3) is 0.160. The first kappa shape index (κ1) is 20.9. The minimum absolute atomic E-state index is 0.0488. The average Bonchev–Trinajstić information content (AvgIpc) is 3.13. The molecule has 1 amide bonds. The second kappa shape index (κ2) is 8.78. The number of amides is 1. The molecule has 0 unspecified atom stereocenters. The highest BCUT2D eigenvalue weighted by Gasteiger charge is 2.22. The first-order chi connectivity index (χ1) is 14.9. The Hall–Kier alpha value is -3.38. The zero-order chi connectivity index (χ0) is 21.8. The summed E-state index contributed by atoms with van der Waals surface area (Å²) in [6.45, 7) is 2.49. The summed E-state index contributed by atoms with van der Waals surface area (Å²) in [4.78, 5) is 12.8. The Labute approximate surface area is 182 Å². The van der Waals surface area contributed by atoms with Crippen LogP contribution in [0.15, 0.2) is 90.0 Å². The predicted molar refractivity (Wildman–Crippen MR) is 122 cm³/mol. The van der Waals surface area contributed by atoms with E-state index in [4.69, 9.17) is 0 Å². The minimum Gasteiger partial charge on any atom is -0.350 e. The average molecular weight is 433 g/mol. The standard InChI is InChI=1S/C25H24N2O3S/c1-19-11-13-20(14-12-19)15-26-25(28)17-27-16-24(22-9-5-6-10-23(22)27)31(29,30)18-21-7-3-2-4-8-21/h2-14,16H,15,17-18H2,1H3,(H,26,28). The smallest absolute Gasteiger partial charge is 0.240 e. The number of sulfone groups is 1. The first-order valence-electron chi connectivity index (χ1n) is 10.1. The second-order valence-electron chi connectivity index (χ2n) is 7.65. The van der Waals surface area contributed by atoms with Gasteiger partial charge in [-0.05, 0) is 24.1 Å². The van der Waals surface area contributed by atoms with E-state index in [9.17, 15) is 13.2 Å². The minimum atomic E-state index is -3.57. The van der Waals surface area contributed by atoms with Crippen LogP contribution in [-0.2, 0) is 33.5 Å². The molecule has 1 N–H and O–H groups in total. The Morgan fingerprint density at radius 3 is 2.29 bits per heavy atom. The molecule has 0 aliphatic rings. The molecule has 3 aromatic carbocycles. The predicted octanol–water partition coefficient (Wildman–Crippen LogP) is 4.24. The van der Waals surface area contributed by atoms with E-state index in [0.717, 1.165) is 22.2 Å². The Morgan fingerprint density at radius 2 is 1.55 bits per heavy atom. The normalized spacial score (nSPS) is 11.5. The van der Waals surface area contributed by atoms with Crippen molar-refractivity contribution in [1.29, 1.82) is 0 Å². The summed E-state index contributed by atoms with van der Waals surface area (Å²) in [6, 6.07) is 24.4. The summed E-state index contributed by atoms with van der Waals surface area (Å²) < 4.78 is 28.0.